The van der Waals surface area contributed by atoms with E-state index in [0.717, 1.165) is 38.5 Å². The molecule has 2 aromatic rings. The van der Waals surface area contributed by atoms with E-state index >= 15 is 0 Å². The van der Waals surface area contributed by atoms with Gasteiger partial charge in [0.15, 0.2) is 11.6 Å². The molecule has 4 aliphatic heterocycles. The number of rotatable bonds is 8. The first-order valence-corrected chi connectivity index (χ1v) is 17.9. The topological polar surface area (TPSA) is 63.2 Å². The van der Waals surface area contributed by atoms with Gasteiger partial charge in [-0.1, -0.05) is 107 Å². The third-order valence-corrected chi connectivity index (χ3v) is 14.7. The fourth-order valence-corrected chi connectivity index (χ4v) is 12.1. The quantitative estimate of drug-likeness (QED) is 0.156. The minimum Gasteiger partial charge on any atom is -0.459 e. The number of carbonyl (C=O) groups excluding carboxylic acids is 1. The Hall–Kier alpha value is -2.55. The Kier molecular flexibility index (Phi) is 8.57. The van der Waals surface area contributed by atoms with Crippen LogP contribution in [0.2, 0.25) is 5.04 Å². The second kappa shape index (κ2) is 12.1. The maximum atomic E-state index is 11.9. The first-order chi connectivity index (χ1) is 20.6. The summed E-state index contributed by atoms with van der Waals surface area (Å²) in [6.45, 7) is 9.77. The van der Waals surface area contributed by atoms with Crippen molar-refractivity contribution in [2.75, 3.05) is 6.61 Å². The highest BCUT2D eigenvalue weighted by Crippen LogP contribution is 2.52. The van der Waals surface area contributed by atoms with Crippen molar-refractivity contribution in [3.63, 3.8) is 0 Å². The molecule has 0 bridgehead atoms. The van der Waals surface area contributed by atoms with Crippen LogP contribution in [0.1, 0.15) is 72.6 Å². The molecule has 4 aliphatic rings. The average Bonchev–Trinajstić information content (AvgIpc) is 3.52. The lowest BCUT2D eigenvalue weighted by atomic mass is 9.86. The molecule has 3 fully saturated rings. The van der Waals surface area contributed by atoms with Crippen LogP contribution in [0.25, 0.3) is 0 Å². The summed E-state index contributed by atoms with van der Waals surface area (Å²) < 4.78 is 32.2. The van der Waals surface area contributed by atoms with Crippen molar-refractivity contribution in [2.24, 2.45) is 5.92 Å². The normalized spacial score (nSPS) is 32.5. The summed E-state index contributed by atoms with van der Waals surface area (Å²) in [4.78, 5) is 11.9. The summed E-state index contributed by atoms with van der Waals surface area (Å²) in [5, 5.41) is 2.59. The number of benzene rings is 2. The van der Waals surface area contributed by atoms with Gasteiger partial charge in [0.2, 0.25) is 0 Å². The van der Waals surface area contributed by atoms with Crippen molar-refractivity contribution in [3.8, 4) is 0 Å². The first-order valence-electron chi connectivity index (χ1n) is 16.0. The van der Waals surface area contributed by atoms with E-state index in [9.17, 15) is 4.79 Å². The number of ether oxygens (including phenoxy) is 4. The van der Waals surface area contributed by atoms with Gasteiger partial charge in [-0.15, -0.1) is 0 Å². The van der Waals surface area contributed by atoms with Crippen LogP contribution in [0, 0.1) is 5.92 Å². The van der Waals surface area contributed by atoms with Gasteiger partial charge in [0, 0.05) is 25.4 Å². The van der Waals surface area contributed by atoms with Crippen LogP contribution in [0.3, 0.4) is 0 Å². The second-order valence-corrected chi connectivity index (χ2v) is 17.9. The lowest BCUT2D eigenvalue weighted by molar-refractivity contribution is -0.355. The molecule has 2 aromatic carbocycles. The van der Waals surface area contributed by atoms with E-state index in [-0.39, 0.29) is 35.2 Å². The first kappa shape index (κ1) is 30.5. The molecule has 0 N–H and O–H groups in total. The fraction of sp³-hybridized carbons (Fsp3) is 0.528. The molecule has 230 valence electrons. The molecule has 6 nitrogen and oxygen atoms in total. The van der Waals surface area contributed by atoms with E-state index in [4.69, 9.17) is 23.4 Å². The maximum absolute atomic E-state index is 11.9. The minimum absolute atomic E-state index is 0.0262. The van der Waals surface area contributed by atoms with E-state index in [0.29, 0.717) is 13.0 Å². The van der Waals surface area contributed by atoms with Gasteiger partial charge in [0.1, 0.15) is 12.2 Å². The maximum Gasteiger partial charge on any atom is 0.308 e. The Morgan fingerprint density at radius 1 is 0.977 bits per heavy atom. The lowest BCUT2D eigenvalue weighted by Crippen LogP contribution is -2.66. The molecule has 6 atom stereocenters. The van der Waals surface area contributed by atoms with Crippen LogP contribution >= 0.6 is 0 Å². The molecule has 6 rings (SSSR count). The van der Waals surface area contributed by atoms with Gasteiger partial charge in [-0.2, -0.15) is 0 Å². The van der Waals surface area contributed by atoms with Gasteiger partial charge in [0.05, 0.1) is 12.5 Å². The third kappa shape index (κ3) is 5.95. The molecule has 0 radical (unpaired) electrons. The molecule has 0 unspecified atom stereocenters. The second-order valence-electron chi connectivity index (χ2n) is 13.6. The highest BCUT2D eigenvalue weighted by atomic mass is 28.4. The van der Waals surface area contributed by atoms with E-state index in [1.54, 1.807) is 0 Å². The van der Waals surface area contributed by atoms with Gasteiger partial charge in [-0.25, -0.2) is 0 Å². The van der Waals surface area contributed by atoms with Crippen LogP contribution in [-0.4, -0.2) is 50.8 Å². The molecule has 0 aromatic heterocycles. The van der Waals surface area contributed by atoms with Crippen molar-refractivity contribution < 1.29 is 28.2 Å². The van der Waals surface area contributed by atoms with E-state index in [1.165, 1.54) is 10.4 Å². The molecule has 2 spiro atoms. The molecule has 3 saturated heterocycles. The summed E-state index contributed by atoms with van der Waals surface area (Å²) in [5.74, 6) is -1.58. The predicted octanol–water partition coefficient (Wildman–Crippen LogP) is 6.19. The van der Waals surface area contributed by atoms with Gasteiger partial charge < -0.3 is 23.4 Å². The number of fused-ring (bicyclic) bond motifs is 1. The predicted molar refractivity (Wildman–Crippen MR) is 170 cm³/mol. The highest BCUT2D eigenvalue weighted by Gasteiger charge is 2.60. The summed E-state index contributed by atoms with van der Waals surface area (Å²) in [5.41, 5.74) is 0. The van der Waals surface area contributed by atoms with Gasteiger partial charge in [-0.05, 0) is 47.2 Å². The monoisotopic (exact) mass is 602 g/mol. The van der Waals surface area contributed by atoms with Crippen molar-refractivity contribution in [3.05, 3.63) is 85.0 Å². The molecular weight excluding hydrogens is 556 g/mol. The van der Waals surface area contributed by atoms with Crippen LogP contribution in [-0.2, 0) is 28.2 Å². The molecule has 7 heteroatoms. The average molecular weight is 603 g/mol. The number of carbonyl (C=O) groups is 1. The van der Waals surface area contributed by atoms with Crippen LogP contribution in [0.15, 0.2) is 85.0 Å². The zero-order valence-electron chi connectivity index (χ0n) is 26.0. The summed E-state index contributed by atoms with van der Waals surface area (Å²) in [7, 11) is -2.51. The van der Waals surface area contributed by atoms with Gasteiger partial charge in [-0.3, -0.25) is 4.79 Å². The Balaban J connectivity index is 1.06. The molecular formula is C36H46O6Si. The number of esters is 1. The van der Waals surface area contributed by atoms with Crippen molar-refractivity contribution in [1.82, 2.24) is 0 Å². The Bertz CT molecular complexity index is 1280. The SMILES string of the molecule is C[C@@H]1C[C@H]2OC(=O)C[C@H]2O[C@@]12CC[C@]1(C=CC[C@@H](/C=C/CCCO[Si](c3ccccc3)(c3ccccc3)C(C)(C)C)O1)O2. The van der Waals surface area contributed by atoms with Crippen LogP contribution < -0.4 is 10.4 Å². The van der Waals surface area contributed by atoms with Crippen molar-refractivity contribution in [2.45, 2.75) is 108 Å². The zero-order valence-corrected chi connectivity index (χ0v) is 27.0. The Morgan fingerprint density at radius 2 is 1.67 bits per heavy atom. The summed E-state index contributed by atoms with van der Waals surface area (Å²) in [6.07, 6.45) is 13.4. The van der Waals surface area contributed by atoms with Crippen LogP contribution in [0.5, 0.6) is 0 Å². The van der Waals surface area contributed by atoms with E-state index in [1.807, 2.05) is 0 Å². The van der Waals surface area contributed by atoms with E-state index in [2.05, 4.69) is 113 Å². The molecule has 0 saturated carbocycles. The fourth-order valence-electron chi connectivity index (χ4n) is 7.46. The van der Waals surface area contributed by atoms with Crippen molar-refractivity contribution >= 4 is 24.7 Å². The standard InChI is InChI=1S/C36H46O6Si/c1-27-25-31-32(26-33(37)39-31)41-36(27)23-22-35(42-36)21-14-16-28(40-35)15-8-7-13-24-38-43(34(2,3)4,29-17-9-5-10-18-29)30-19-11-6-12-20-30/h5-6,8-12,14-15,17-21,27-28,31-32H,7,13,16,22-26H2,1-4H3/b15-8+/t27-,28-,31-,32-,35+,36-/m1/s1. The minimum atomic E-state index is -2.51. The number of unbranched alkanes of at least 4 members (excludes halogenated alkanes) is 1. The Labute approximate surface area is 257 Å². The molecule has 0 aliphatic carbocycles. The number of hydrogen-bond donors (Lipinski definition) is 0. The third-order valence-electron chi connectivity index (χ3n) is 9.61. The number of hydrogen-bond acceptors (Lipinski definition) is 6. The molecule has 4 heterocycles. The largest absolute Gasteiger partial charge is 0.459 e. The summed E-state index contributed by atoms with van der Waals surface area (Å²) in [6, 6.07) is 21.6. The molecule has 0 amide bonds. The summed E-state index contributed by atoms with van der Waals surface area (Å²) >= 11 is 0. The van der Waals surface area contributed by atoms with Crippen molar-refractivity contribution in [1.29, 1.82) is 0 Å². The lowest BCUT2D eigenvalue weighted by Gasteiger charge is -2.45. The zero-order chi connectivity index (χ0) is 30.1. The van der Waals surface area contributed by atoms with E-state index < -0.39 is 19.9 Å². The van der Waals surface area contributed by atoms with Gasteiger partial charge in [0.25, 0.3) is 8.32 Å². The Morgan fingerprint density at radius 3 is 2.35 bits per heavy atom. The highest BCUT2D eigenvalue weighted by molar-refractivity contribution is 6.99. The van der Waals surface area contributed by atoms with Gasteiger partial charge >= 0.3 is 5.97 Å². The van der Waals surface area contributed by atoms with Crippen LogP contribution in [0.4, 0.5) is 0 Å². The number of allylic oxidation sites excluding steroid dienone is 1. The smallest absolute Gasteiger partial charge is 0.308 e. The molecule has 43 heavy (non-hydrogen) atoms.